The number of hydrogen-bond donors (Lipinski definition) is 3. The maximum absolute atomic E-state index is 12.9. The number of likely N-dealkylation sites (N-methyl/N-ethyl adjacent to an activating group) is 1. The van der Waals surface area contributed by atoms with Gasteiger partial charge in [-0.3, -0.25) is 9.59 Å². The molecule has 7 nitrogen and oxygen atoms in total. The van der Waals surface area contributed by atoms with Crippen molar-refractivity contribution in [3.05, 3.63) is 64.6 Å². The van der Waals surface area contributed by atoms with Gasteiger partial charge in [-0.1, -0.05) is 30.3 Å². The van der Waals surface area contributed by atoms with Crippen molar-refractivity contribution in [2.75, 3.05) is 7.05 Å². The van der Waals surface area contributed by atoms with Crippen molar-refractivity contribution in [1.29, 1.82) is 0 Å². The van der Waals surface area contributed by atoms with Crippen LogP contribution in [0.15, 0.2) is 53.3 Å². The van der Waals surface area contributed by atoms with Crippen LogP contribution in [0.5, 0.6) is 0 Å². The average Bonchev–Trinajstić information content (AvgIpc) is 3.06. The van der Waals surface area contributed by atoms with Gasteiger partial charge in [-0.15, -0.1) is 0 Å². The fourth-order valence-corrected chi connectivity index (χ4v) is 4.15. The summed E-state index contributed by atoms with van der Waals surface area (Å²) in [7, 11) is 2.00. The van der Waals surface area contributed by atoms with Gasteiger partial charge in [0.25, 0.3) is 11.5 Å². The number of hydrogen-bond acceptors (Lipinski definition) is 4. The quantitative estimate of drug-likeness (QED) is 0.477. The van der Waals surface area contributed by atoms with Crippen LogP contribution in [0, 0.1) is 0 Å². The first-order chi connectivity index (χ1) is 14.5. The minimum Gasteiger partial charge on any atom is -0.481 e. The van der Waals surface area contributed by atoms with Crippen LogP contribution in [0.3, 0.4) is 0 Å². The molecule has 0 saturated heterocycles. The molecule has 2 aromatic heterocycles. The zero-order valence-electron chi connectivity index (χ0n) is 17.0. The van der Waals surface area contributed by atoms with Gasteiger partial charge in [0.05, 0.1) is 11.0 Å². The van der Waals surface area contributed by atoms with Crippen LogP contribution in [0.2, 0.25) is 0 Å². The van der Waals surface area contributed by atoms with E-state index in [0.717, 1.165) is 48.3 Å². The number of fused-ring (bicyclic) bond motifs is 4. The van der Waals surface area contributed by atoms with Crippen molar-refractivity contribution in [2.24, 2.45) is 0 Å². The lowest BCUT2D eigenvalue weighted by Crippen LogP contribution is -2.34. The molecular formula is C23H24N4O3. The van der Waals surface area contributed by atoms with Gasteiger partial charge in [0, 0.05) is 48.1 Å². The van der Waals surface area contributed by atoms with E-state index < -0.39 is 5.97 Å². The minimum absolute atomic E-state index is 0.130. The number of rotatable bonds is 2. The Morgan fingerprint density at radius 3 is 2.67 bits per heavy atom. The molecular weight excluding hydrogens is 380 g/mol. The summed E-state index contributed by atoms with van der Waals surface area (Å²) >= 11 is 0. The van der Waals surface area contributed by atoms with E-state index >= 15 is 0 Å². The molecule has 5 rings (SSSR count). The highest BCUT2D eigenvalue weighted by atomic mass is 16.4. The van der Waals surface area contributed by atoms with Crippen molar-refractivity contribution in [2.45, 2.75) is 32.4 Å². The number of aromatic amines is 1. The summed E-state index contributed by atoms with van der Waals surface area (Å²) in [6.45, 7) is 2.03. The van der Waals surface area contributed by atoms with E-state index in [2.05, 4.69) is 33.1 Å². The number of nitrogens with zero attached hydrogens (tertiary/aromatic N) is 2. The van der Waals surface area contributed by atoms with Crippen LogP contribution in [-0.2, 0) is 17.8 Å². The van der Waals surface area contributed by atoms with Crippen molar-refractivity contribution in [3.63, 3.8) is 0 Å². The first kappa shape index (κ1) is 19.8. The lowest BCUT2D eigenvalue weighted by atomic mass is 9.99. The molecule has 3 heterocycles. The number of H-pyrrole nitrogens is 1. The second-order valence-electron chi connectivity index (χ2n) is 7.42. The Labute approximate surface area is 173 Å². The Balaban J connectivity index is 0.000000503. The number of carboxylic acids is 1. The lowest BCUT2D eigenvalue weighted by Gasteiger charge is -2.25. The summed E-state index contributed by atoms with van der Waals surface area (Å²) in [6.07, 6.45) is 1.98. The smallest absolute Gasteiger partial charge is 0.300 e. The van der Waals surface area contributed by atoms with E-state index in [1.54, 1.807) is 0 Å². The predicted octanol–water partition coefficient (Wildman–Crippen LogP) is 3.17. The zero-order valence-corrected chi connectivity index (χ0v) is 17.0. The largest absolute Gasteiger partial charge is 0.481 e. The third-order valence-electron chi connectivity index (χ3n) is 5.46. The fourth-order valence-electron chi connectivity index (χ4n) is 4.15. The van der Waals surface area contributed by atoms with Gasteiger partial charge in [-0.25, -0.2) is 4.98 Å². The molecule has 154 valence electrons. The Kier molecular flexibility index (Phi) is 5.37. The van der Waals surface area contributed by atoms with Crippen molar-refractivity contribution >= 4 is 27.9 Å². The van der Waals surface area contributed by atoms with Gasteiger partial charge >= 0.3 is 0 Å². The molecule has 4 aromatic rings. The van der Waals surface area contributed by atoms with Crippen LogP contribution in [0.4, 0.5) is 0 Å². The molecule has 2 aromatic carbocycles. The Morgan fingerprint density at radius 2 is 1.90 bits per heavy atom. The molecule has 0 spiro atoms. The van der Waals surface area contributed by atoms with E-state index in [0.29, 0.717) is 11.7 Å². The fraction of sp³-hybridized carbons (Fsp3) is 0.261. The summed E-state index contributed by atoms with van der Waals surface area (Å²) in [5.74, 6) is -0.833. The third-order valence-corrected chi connectivity index (χ3v) is 5.46. The normalized spacial score (nSPS) is 15.5. The van der Waals surface area contributed by atoms with Crippen molar-refractivity contribution < 1.29 is 9.90 Å². The summed E-state index contributed by atoms with van der Waals surface area (Å²) < 4.78 is 2.36. The van der Waals surface area contributed by atoms with Crippen LogP contribution < -0.4 is 10.9 Å². The first-order valence-corrected chi connectivity index (χ1v) is 9.96. The van der Waals surface area contributed by atoms with Crippen LogP contribution >= 0.6 is 0 Å². The summed E-state index contributed by atoms with van der Waals surface area (Å²) in [4.78, 5) is 29.6. The van der Waals surface area contributed by atoms with Gasteiger partial charge in [-0.2, -0.15) is 0 Å². The maximum Gasteiger partial charge on any atom is 0.300 e. The number of carbonyl (C=O) groups is 1. The van der Waals surface area contributed by atoms with Gasteiger partial charge in [-0.05, 0) is 31.7 Å². The molecule has 0 bridgehead atoms. The molecule has 0 aliphatic carbocycles. The molecule has 0 radical (unpaired) electrons. The van der Waals surface area contributed by atoms with E-state index in [9.17, 15) is 4.79 Å². The van der Waals surface area contributed by atoms with Crippen molar-refractivity contribution in [1.82, 2.24) is 19.9 Å². The topological polar surface area (TPSA) is 100 Å². The molecule has 1 aliphatic heterocycles. The summed E-state index contributed by atoms with van der Waals surface area (Å²) in [5, 5.41) is 11.9. The van der Waals surface area contributed by atoms with E-state index in [4.69, 9.17) is 14.9 Å². The Bertz CT molecular complexity index is 1280. The van der Waals surface area contributed by atoms with Gasteiger partial charge in [0.15, 0.2) is 0 Å². The Hall–Kier alpha value is -3.45. The average molecular weight is 404 g/mol. The summed E-state index contributed by atoms with van der Waals surface area (Å²) in [5.41, 5.74) is 5.33. The number of nitrogens with one attached hydrogen (secondary N) is 2. The van der Waals surface area contributed by atoms with Gasteiger partial charge < -0.3 is 20.0 Å². The number of aromatic nitrogens is 3. The number of para-hydroxylation sites is 3. The molecule has 0 fully saturated rings. The molecule has 1 atom stereocenters. The zero-order chi connectivity index (χ0) is 21.3. The second-order valence-corrected chi connectivity index (χ2v) is 7.42. The molecule has 3 N–H and O–H groups in total. The van der Waals surface area contributed by atoms with Crippen LogP contribution in [-0.4, -0.2) is 38.7 Å². The number of benzene rings is 2. The first-order valence-electron chi connectivity index (χ1n) is 9.96. The van der Waals surface area contributed by atoms with E-state index in [1.807, 2.05) is 37.4 Å². The molecule has 7 heteroatoms. The Morgan fingerprint density at radius 1 is 1.20 bits per heavy atom. The molecule has 0 amide bonds. The monoisotopic (exact) mass is 404 g/mol. The molecule has 30 heavy (non-hydrogen) atoms. The van der Waals surface area contributed by atoms with Crippen LogP contribution in [0.25, 0.3) is 33.2 Å². The minimum atomic E-state index is -0.833. The van der Waals surface area contributed by atoms with Crippen molar-refractivity contribution in [3.8, 4) is 11.3 Å². The molecule has 0 saturated carbocycles. The molecule has 1 aliphatic rings. The standard InChI is InChI=1S/C21H20N4O.C2H4O2/c1-22-13-10-11-25-17-9-5-2-6-14(17)19(18(25)12-13)20-21(26)24-16-8-4-3-7-15(16)23-20;1-2(3)4/h2-9,13,22H,10-12H2,1H3,(H,24,26);1H3,(H,3,4). The predicted molar refractivity (Wildman–Crippen MR) is 118 cm³/mol. The molecule has 1 unspecified atom stereocenters. The lowest BCUT2D eigenvalue weighted by molar-refractivity contribution is -0.134. The maximum atomic E-state index is 12.9. The number of aliphatic carboxylic acids is 1. The summed E-state index contributed by atoms with van der Waals surface area (Å²) in [6, 6.07) is 16.4. The number of carboxylic acid groups (broad SMARTS) is 1. The van der Waals surface area contributed by atoms with Gasteiger partial charge in [0.1, 0.15) is 5.69 Å². The SMILES string of the molecule is CC(=O)O.CNC1CCn2c(c(-c3nc4ccccc4[nH]c3=O)c3ccccc32)C1. The third kappa shape index (κ3) is 3.59. The highest BCUT2D eigenvalue weighted by Crippen LogP contribution is 2.36. The highest BCUT2D eigenvalue weighted by Gasteiger charge is 2.26. The van der Waals surface area contributed by atoms with E-state index in [-0.39, 0.29) is 5.56 Å². The number of aryl methyl sites for hydroxylation is 1. The van der Waals surface area contributed by atoms with Crippen LogP contribution in [0.1, 0.15) is 19.0 Å². The highest BCUT2D eigenvalue weighted by molar-refractivity contribution is 5.98. The van der Waals surface area contributed by atoms with E-state index in [1.165, 1.54) is 11.2 Å². The second kappa shape index (κ2) is 8.12. The van der Waals surface area contributed by atoms with Gasteiger partial charge in [0.2, 0.25) is 0 Å².